The van der Waals surface area contributed by atoms with Crippen molar-refractivity contribution in [2.75, 3.05) is 13.7 Å². The van der Waals surface area contributed by atoms with E-state index >= 15 is 0 Å². The van der Waals surface area contributed by atoms with Gasteiger partial charge in [0.25, 0.3) is 0 Å². The highest BCUT2D eigenvalue weighted by atomic mass is 19.4. The molecule has 8 heteroatoms. The van der Waals surface area contributed by atoms with Crippen molar-refractivity contribution in [2.45, 2.75) is 26.6 Å². The van der Waals surface area contributed by atoms with E-state index in [-0.39, 0.29) is 11.3 Å². The third-order valence-electron chi connectivity index (χ3n) is 4.06. The van der Waals surface area contributed by atoms with Gasteiger partial charge in [0.05, 0.1) is 7.11 Å². The number of alkyl halides is 3. The molecule has 5 nitrogen and oxygen atoms in total. The number of hydrogen-bond acceptors (Lipinski definition) is 4. The number of nitrogens with zero attached hydrogens (tertiary/aromatic N) is 1. The molecule has 0 bridgehead atoms. The zero-order valence-corrected chi connectivity index (χ0v) is 15.7. The van der Waals surface area contributed by atoms with Gasteiger partial charge in [0, 0.05) is 23.0 Å². The highest BCUT2D eigenvalue weighted by molar-refractivity contribution is 6.00. The van der Waals surface area contributed by atoms with Gasteiger partial charge in [-0.1, -0.05) is 12.1 Å². The summed E-state index contributed by atoms with van der Waals surface area (Å²) in [5.41, 5.74) is 1.30. The number of ether oxygens (including phenoxy) is 2. The Hall–Kier alpha value is -3.03. The Morgan fingerprint density at radius 1 is 1.18 bits per heavy atom. The van der Waals surface area contributed by atoms with Crippen LogP contribution in [-0.4, -0.2) is 36.2 Å². The minimum Gasteiger partial charge on any atom is -0.497 e. The zero-order valence-electron chi connectivity index (χ0n) is 15.7. The molecule has 2 aromatic rings. The van der Waals surface area contributed by atoms with Crippen LogP contribution in [0.1, 0.15) is 27.3 Å². The summed E-state index contributed by atoms with van der Waals surface area (Å²) in [5, 5.41) is 0. The van der Waals surface area contributed by atoms with Crippen molar-refractivity contribution in [3.8, 4) is 5.75 Å². The minimum atomic E-state index is -4.40. The van der Waals surface area contributed by atoms with E-state index in [1.807, 2.05) is 0 Å². The summed E-state index contributed by atoms with van der Waals surface area (Å²) in [4.78, 5) is 24.1. The second-order valence-corrected chi connectivity index (χ2v) is 6.13. The number of ketones is 1. The number of hydrogen-bond donors (Lipinski definition) is 0. The number of Topliss-reactive ketones (excluding diaryl/α,β-unsaturated/α-hetero) is 1. The van der Waals surface area contributed by atoms with Gasteiger partial charge in [-0.25, -0.2) is 4.79 Å². The lowest BCUT2D eigenvalue weighted by Crippen LogP contribution is -2.20. The second-order valence-electron chi connectivity index (χ2n) is 6.13. The van der Waals surface area contributed by atoms with Crippen LogP contribution in [0.4, 0.5) is 13.2 Å². The zero-order chi connectivity index (χ0) is 20.9. The maximum atomic E-state index is 12.6. The molecule has 0 unspecified atom stereocenters. The molecule has 1 aromatic carbocycles. The third kappa shape index (κ3) is 5.73. The first-order valence-electron chi connectivity index (χ1n) is 8.36. The number of halogens is 3. The molecule has 0 aliphatic rings. The SMILES string of the molecule is COc1cccc(/C=C/C(=O)OCC(=O)c2cc(C)n(CC(F)(F)F)c2C)c1. The van der Waals surface area contributed by atoms with Gasteiger partial charge in [-0.2, -0.15) is 13.2 Å². The molecule has 0 aliphatic carbocycles. The molecular weight excluding hydrogens is 375 g/mol. The molecule has 0 radical (unpaired) electrons. The van der Waals surface area contributed by atoms with Gasteiger partial charge in [-0.15, -0.1) is 0 Å². The molecule has 0 amide bonds. The highest BCUT2D eigenvalue weighted by Gasteiger charge is 2.30. The van der Waals surface area contributed by atoms with Gasteiger partial charge in [-0.3, -0.25) is 4.79 Å². The van der Waals surface area contributed by atoms with Crippen LogP contribution in [0.2, 0.25) is 0 Å². The lowest BCUT2D eigenvalue weighted by molar-refractivity contribution is -0.141. The summed E-state index contributed by atoms with van der Waals surface area (Å²) < 4.78 is 48.9. The number of rotatable bonds is 7. The fourth-order valence-corrected chi connectivity index (χ4v) is 2.68. The number of esters is 1. The first kappa shape index (κ1) is 21.3. The molecule has 1 heterocycles. The van der Waals surface area contributed by atoms with Crippen molar-refractivity contribution in [1.29, 1.82) is 0 Å². The molecule has 0 saturated heterocycles. The Morgan fingerprint density at radius 3 is 2.54 bits per heavy atom. The van der Waals surface area contributed by atoms with E-state index in [9.17, 15) is 22.8 Å². The Balaban J connectivity index is 1.99. The van der Waals surface area contributed by atoms with Crippen LogP contribution in [0.3, 0.4) is 0 Å². The van der Waals surface area contributed by atoms with Crippen LogP contribution < -0.4 is 4.74 Å². The minimum absolute atomic E-state index is 0.103. The van der Waals surface area contributed by atoms with E-state index < -0.39 is 31.1 Å². The van der Waals surface area contributed by atoms with Crippen LogP contribution in [-0.2, 0) is 16.1 Å². The number of carbonyl (C=O) groups is 2. The number of aromatic nitrogens is 1. The predicted molar refractivity (Wildman–Crippen MR) is 97.3 cm³/mol. The maximum absolute atomic E-state index is 12.6. The lowest BCUT2D eigenvalue weighted by atomic mass is 10.1. The summed E-state index contributed by atoms with van der Waals surface area (Å²) in [6.07, 6.45) is -1.73. The molecule has 0 atom stereocenters. The summed E-state index contributed by atoms with van der Waals surface area (Å²) >= 11 is 0. The molecule has 1 aromatic heterocycles. The highest BCUT2D eigenvalue weighted by Crippen LogP contribution is 2.23. The van der Waals surface area contributed by atoms with Gasteiger partial charge in [0.15, 0.2) is 6.61 Å². The van der Waals surface area contributed by atoms with E-state index in [0.29, 0.717) is 17.0 Å². The molecule has 0 spiro atoms. The summed E-state index contributed by atoms with van der Waals surface area (Å²) in [6, 6.07) is 8.34. The lowest BCUT2D eigenvalue weighted by Gasteiger charge is -2.12. The number of carbonyl (C=O) groups excluding carboxylic acids is 2. The van der Waals surface area contributed by atoms with Crippen molar-refractivity contribution in [1.82, 2.24) is 4.57 Å². The Bertz CT molecular complexity index is 897. The average molecular weight is 395 g/mol. The number of aryl methyl sites for hydroxylation is 1. The number of methoxy groups -OCH3 is 1. The normalized spacial score (nSPS) is 11.6. The monoisotopic (exact) mass is 395 g/mol. The first-order valence-corrected chi connectivity index (χ1v) is 8.36. The fourth-order valence-electron chi connectivity index (χ4n) is 2.68. The van der Waals surface area contributed by atoms with Crippen LogP contribution in [0.5, 0.6) is 5.75 Å². The van der Waals surface area contributed by atoms with Crippen LogP contribution in [0.25, 0.3) is 6.08 Å². The van der Waals surface area contributed by atoms with Crippen molar-refractivity contribution >= 4 is 17.8 Å². The van der Waals surface area contributed by atoms with E-state index in [0.717, 1.165) is 10.6 Å². The fraction of sp³-hybridized carbons (Fsp3) is 0.300. The van der Waals surface area contributed by atoms with Crippen molar-refractivity contribution < 1.29 is 32.2 Å². The Morgan fingerprint density at radius 2 is 1.89 bits per heavy atom. The summed E-state index contributed by atoms with van der Waals surface area (Å²) in [6.45, 7) is 1.17. The van der Waals surface area contributed by atoms with Gasteiger partial charge >= 0.3 is 12.1 Å². The molecule has 150 valence electrons. The molecule has 2 rings (SSSR count). The quantitative estimate of drug-likeness (QED) is 0.402. The van der Waals surface area contributed by atoms with Gasteiger partial charge < -0.3 is 14.0 Å². The Kier molecular flexibility index (Phi) is 6.66. The summed E-state index contributed by atoms with van der Waals surface area (Å²) in [7, 11) is 1.52. The molecule has 0 N–H and O–H groups in total. The average Bonchev–Trinajstić information content (AvgIpc) is 2.91. The van der Waals surface area contributed by atoms with Crippen molar-refractivity contribution in [3.05, 3.63) is 58.9 Å². The van der Waals surface area contributed by atoms with E-state index in [2.05, 4.69) is 0 Å². The Labute approximate surface area is 160 Å². The predicted octanol–water partition coefficient (Wildman–Crippen LogP) is 4.12. The maximum Gasteiger partial charge on any atom is 0.406 e. The van der Waals surface area contributed by atoms with Crippen LogP contribution in [0, 0.1) is 13.8 Å². The van der Waals surface area contributed by atoms with Crippen LogP contribution >= 0.6 is 0 Å². The third-order valence-corrected chi connectivity index (χ3v) is 4.06. The summed E-state index contributed by atoms with van der Waals surface area (Å²) in [5.74, 6) is -0.676. The standard InChI is InChI=1S/C20H20F3NO4/c1-13-9-17(14(2)24(13)12-20(21,22)23)18(25)11-28-19(26)8-7-15-5-4-6-16(10-15)27-3/h4-10H,11-12H2,1-3H3/b8-7+. The second kappa shape index (κ2) is 8.77. The van der Waals surface area contributed by atoms with Crippen LogP contribution in [0.15, 0.2) is 36.4 Å². The van der Waals surface area contributed by atoms with Gasteiger partial charge in [0.2, 0.25) is 5.78 Å². The smallest absolute Gasteiger partial charge is 0.406 e. The largest absolute Gasteiger partial charge is 0.497 e. The van der Waals surface area contributed by atoms with Gasteiger partial charge in [-0.05, 0) is 43.7 Å². The van der Waals surface area contributed by atoms with Crippen molar-refractivity contribution in [3.63, 3.8) is 0 Å². The number of benzene rings is 1. The van der Waals surface area contributed by atoms with E-state index in [1.54, 1.807) is 24.3 Å². The topological polar surface area (TPSA) is 57.5 Å². The van der Waals surface area contributed by atoms with E-state index in [1.165, 1.54) is 33.1 Å². The molecule has 0 fully saturated rings. The van der Waals surface area contributed by atoms with E-state index in [4.69, 9.17) is 9.47 Å². The molecular formula is C20H20F3NO4. The van der Waals surface area contributed by atoms with Gasteiger partial charge in [0.1, 0.15) is 12.3 Å². The molecule has 28 heavy (non-hydrogen) atoms. The first-order chi connectivity index (χ1) is 13.1. The molecule has 0 saturated carbocycles. The van der Waals surface area contributed by atoms with Crippen molar-refractivity contribution in [2.24, 2.45) is 0 Å². The molecule has 0 aliphatic heterocycles.